The summed E-state index contributed by atoms with van der Waals surface area (Å²) in [7, 11) is 0. The molecule has 0 spiro atoms. The molecule has 0 atom stereocenters. The van der Waals surface area contributed by atoms with Crippen molar-refractivity contribution in [2.45, 2.75) is 38.5 Å². The van der Waals surface area contributed by atoms with Crippen molar-refractivity contribution < 1.29 is 26.7 Å². The molecule has 0 radical (unpaired) electrons. The molecule has 2 aromatic heterocycles. The number of carbonyl (C=O) groups is 1. The van der Waals surface area contributed by atoms with Gasteiger partial charge in [-0.3, -0.25) is 14.6 Å². The van der Waals surface area contributed by atoms with Crippen molar-refractivity contribution in [3.8, 4) is 11.1 Å². The maximum atomic E-state index is 14.5. The van der Waals surface area contributed by atoms with E-state index in [-0.39, 0.29) is 42.8 Å². The van der Waals surface area contributed by atoms with Crippen LogP contribution in [0.25, 0.3) is 22.0 Å². The van der Waals surface area contributed by atoms with Crippen molar-refractivity contribution in [2.24, 2.45) is 0 Å². The number of alkyl halides is 3. The van der Waals surface area contributed by atoms with Gasteiger partial charge in [0.05, 0.1) is 11.1 Å². The molecule has 0 unspecified atom stereocenters. The molecular formula is C40H32F5N3O2. The first-order valence-corrected chi connectivity index (χ1v) is 16.1. The molecule has 0 saturated heterocycles. The minimum atomic E-state index is -4.42. The van der Waals surface area contributed by atoms with Gasteiger partial charge in [0.2, 0.25) is 5.91 Å². The fraction of sp³-hybridized carbons (Fsp3) is 0.175. The van der Waals surface area contributed by atoms with Crippen LogP contribution in [0.2, 0.25) is 0 Å². The van der Waals surface area contributed by atoms with Crippen molar-refractivity contribution >= 4 is 16.8 Å². The highest BCUT2D eigenvalue weighted by Gasteiger charge is 2.30. The third-order valence-electron chi connectivity index (χ3n) is 8.67. The third kappa shape index (κ3) is 7.97. The largest absolute Gasteiger partial charge is 0.416 e. The number of pyridine rings is 2. The molecule has 0 aliphatic heterocycles. The normalized spacial score (nSPS) is 11.5. The monoisotopic (exact) mass is 681 g/mol. The average molecular weight is 682 g/mol. The van der Waals surface area contributed by atoms with Gasteiger partial charge in [0, 0.05) is 48.5 Å². The second-order valence-corrected chi connectivity index (χ2v) is 12.0. The molecule has 4 aromatic carbocycles. The van der Waals surface area contributed by atoms with Crippen LogP contribution in [0.1, 0.15) is 28.1 Å². The molecule has 0 aliphatic carbocycles. The van der Waals surface area contributed by atoms with Gasteiger partial charge in [-0.1, -0.05) is 66.7 Å². The minimum Gasteiger partial charge on any atom is -0.336 e. The van der Waals surface area contributed by atoms with Crippen LogP contribution in [0.3, 0.4) is 0 Å². The summed E-state index contributed by atoms with van der Waals surface area (Å²) in [5.41, 5.74) is 3.23. The molecule has 0 N–H and O–H groups in total. The van der Waals surface area contributed by atoms with Crippen molar-refractivity contribution in [3.63, 3.8) is 0 Å². The number of aryl methyl sites for hydroxylation is 2. The average Bonchev–Trinajstić information content (AvgIpc) is 3.12. The quantitative estimate of drug-likeness (QED) is 0.129. The van der Waals surface area contributed by atoms with E-state index in [1.807, 2.05) is 30.3 Å². The fourth-order valence-corrected chi connectivity index (χ4v) is 5.97. The summed E-state index contributed by atoms with van der Waals surface area (Å²) < 4.78 is 69.3. The topological polar surface area (TPSA) is 55.2 Å². The van der Waals surface area contributed by atoms with Crippen molar-refractivity contribution in [1.29, 1.82) is 0 Å². The number of nitrogens with zero attached hydrogens (tertiary/aromatic N) is 3. The smallest absolute Gasteiger partial charge is 0.336 e. The van der Waals surface area contributed by atoms with E-state index in [4.69, 9.17) is 0 Å². The van der Waals surface area contributed by atoms with Crippen LogP contribution < -0.4 is 5.43 Å². The van der Waals surface area contributed by atoms with E-state index in [9.17, 15) is 31.5 Å². The summed E-state index contributed by atoms with van der Waals surface area (Å²) in [5.74, 6) is -2.13. The number of fused-ring (bicyclic) bond motifs is 1. The summed E-state index contributed by atoms with van der Waals surface area (Å²) in [6.45, 7) is 0.451. The van der Waals surface area contributed by atoms with Crippen molar-refractivity contribution in [2.75, 3.05) is 6.54 Å². The van der Waals surface area contributed by atoms with Gasteiger partial charge in [-0.05, 0) is 77.6 Å². The number of para-hydroxylation sites is 1. The van der Waals surface area contributed by atoms with Gasteiger partial charge in [0.15, 0.2) is 17.1 Å². The van der Waals surface area contributed by atoms with Gasteiger partial charge in [-0.15, -0.1) is 0 Å². The Bertz CT molecular complexity index is 2160. The first-order chi connectivity index (χ1) is 24.1. The molecule has 0 bridgehead atoms. The maximum absolute atomic E-state index is 14.5. The van der Waals surface area contributed by atoms with Gasteiger partial charge in [0.1, 0.15) is 6.54 Å². The van der Waals surface area contributed by atoms with E-state index in [0.29, 0.717) is 35.1 Å². The molecule has 254 valence electrons. The molecule has 2 heterocycles. The molecule has 0 fully saturated rings. The Kier molecular flexibility index (Phi) is 10.2. The Morgan fingerprint density at radius 2 is 1.46 bits per heavy atom. The van der Waals surface area contributed by atoms with Crippen molar-refractivity contribution in [1.82, 2.24) is 14.5 Å². The number of carbonyl (C=O) groups excluding carboxylic acids is 1. The molecule has 5 nitrogen and oxygen atoms in total. The summed E-state index contributed by atoms with van der Waals surface area (Å²) in [6.07, 6.45) is -1.96. The number of benzene rings is 4. The SMILES string of the molecule is O=C(Cn1c(CCc2cccc(F)c2F)cc(=O)c2ccccc21)N(CCc1ccccn1)Cc1ccc(-c2ccc(C(F)(F)F)cc2)cc1. The zero-order valence-electron chi connectivity index (χ0n) is 26.8. The molecule has 0 aliphatic rings. The second kappa shape index (κ2) is 14.9. The van der Waals surface area contributed by atoms with Gasteiger partial charge < -0.3 is 9.47 Å². The van der Waals surface area contributed by atoms with Gasteiger partial charge >= 0.3 is 6.18 Å². The zero-order valence-corrected chi connectivity index (χ0v) is 26.8. The van der Waals surface area contributed by atoms with E-state index >= 15 is 0 Å². The molecule has 6 rings (SSSR count). The van der Waals surface area contributed by atoms with E-state index in [1.165, 1.54) is 30.3 Å². The van der Waals surface area contributed by atoms with E-state index in [2.05, 4.69) is 4.98 Å². The van der Waals surface area contributed by atoms with Crippen molar-refractivity contribution in [3.05, 3.63) is 171 Å². The lowest BCUT2D eigenvalue weighted by Crippen LogP contribution is -2.36. The number of hydrogen-bond donors (Lipinski definition) is 0. The van der Waals surface area contributed by atoms with Crippen LogP contribution in [0.4, 0.5) is 22.0 Å². The maximum Gasteiger partial charge on any atom is 0.416 e. The Morgan fingerprint density at radius 1 is 0.760 bits per heavy atom. The third-order valence-corrected chi connectivity index (χ3v) is 8.67. The molecule has 10 heteroatoms. The van der Waals surface area contributed by atoms with Gasteiger partial charge in [0.25, 0.3) is 0 Å². The first kappa shape index (κ1) is 34.2. The van der Waals surface area contributed by atoms with Crippen LogP contribution in [-0.2, 0) is 43.3 Å². The van der Waals surface area contributed by atoms with Gasteiger partial charge in [-0.2, -0.15) is 13.2 Å². The lowest BCUT2D eigenvalue weighted by Gasteiger charge is -2.25. The predicted octanol–water partition coefficient (Wildman–Crippen LogP) is 8.42. The highest BCUT2D eigenvalue weighted by atomic mass is 19.4. The summed E-state index contributed by atoms with van der Waals surface area (Å²) in [4.78, 5) is 33.4. The molecule has 6 aromatic rings. The Labute approximate surface area is 285 Å². The van der Waals surface area contributed by atoms with Crippen LogP contribution in [0.15, 0.2) is 126 Å². The predicted molar refractivity (Wildman–Crippen MR) is 182 cm³/mol. The molecule has 0 saturated carbocycles. The number of halogens is 5. The first-order valence-electron chi connectivity index (χ1n) is 16.1. The minimum absolute atomic E-state index is 0.115. The van der Waals surface area contributed by atoms with Crippen LogP contribution in [0.5, 0.6) is 0 Å². The number of hydrogen-bond acceptors (Lipinski definition) is 3. The number of amides is 1. The standard InChI is InChI=1S/C40H32F5N3O2/c41-35-9-5-6-30(39(35)42)17-20-33-24-37(49)34-8-1-2-10-36(34)48(33)26-38(50)47(23-21-32-7-3-4-22-46-32)25-27-11-13-28(14-12-27)29-15-18-31(19-16-29)40(43,44)45/h1-16,18-19,22,24H,17,20-21,23,25-26H2. The van der Waals surface area contributed by atoms with Crippen LogP contribution >= 0.6 is 0 Å². The fourth-order valence-electron chi connectivity index (χ4n) is 5.97. The Balaban J connectivity index is 1.28. The highest BCUT2D eigenvalue weighted by Crippen LogP contribution is 2.31. The van der Waals surface area contributed by atoms with Gasteiger partial charge in [-0.25, -0.2) is 8.78 Å². The molecule has 1 amide bonds. The Morgan fingerprint density at radius 3 is 2.16 bits per heavy atom. The lowest BCUT2D eigenvalue weighted by molar-refractivity contribution is -0.137. The Hall–Kier alpha value is -5.64. The summed E-state index contributed by atoms with van der Waals surface area (Å²) >= 11 is 0. The summed E-state index contributed by atoms with van der Waals surface area (Å²) in [6, 6.07) is 30.2. The van der Waals surface area contributed by atoms with E-state index in [0.717, 1.165) is 35.0 Å². The summed E-state index contributed by atoms with van der Waals surface area (Å²) in [5, 5.41) is 0.430. The molecule has 50 heavy (non-hydrogen) atoms. The van der Waals surface area contributed by atoms with E-state index < -0.39 is 23.4 Å². The second-order valence-electron chi connectivity index (χ2n) is 12.0. The number of aromatic nitrogens is 2. The highest BCUT2D eigenvalue weighted by molar-refractivity contribution is 5.83. The zero-order chi connectivity index (χ0) is 35.3. The van der Waals surface area contributed by atoms with Crippen LogP contribution in [-0.4, -0.2) is 26.9 Å². The van der Waals surface area contributed by atoms with Crippen LogP contribution in [0, 0.1) is 11.6 Å². The lowest BCUT2D eigenvalue weighted by atomic mass is 10.0. The van der Waals surface area contributed by atoms with E-state index in [1.54, 1.807) is 52.1 Å². The molecular weight excluding hydrogens is 649 g/mol. The number of rotatable bonds is 11.